The van der Waals surface area contributed by atoms with Crippen LogP contribution in [0, 0.1) is 0 Å². The van der Waals surface area contributed by atoms with E-state index in [-0.39, 0.29) is 6.42 Å². The molecule has 21 heavy (non-hydrogen) atoms. The molecule has 0 amide bonds. The fourth-order valence-corrected chi connectivity index (χ4v) is 2.47. The van der Waals surface area contributed by atoms with Gasteiger partial charge in [0.25, 0.3) is 0 Å². The van der Waals surface area contributed by atoms with Gasteiger partial charge in [0.1, 0.15) is 0 Å². The van der Waals surface area contributed by atoms with Gasteiger partial charge in [-0.15, -0.1) is 0 Å². The lowest BCUT2D eigenvalue weighted by Gasteiger charge is -2.27. The van der Waals surface area contributed by atoms with Gasteiger partial charge in [0.2, 0.25) is 0 Å². The quantitative estimate of drug-likeness (QED) is 0.502. The number of benzene rings is 2. The summed E-state index contributed by atoms with van der Waals surface area (Å²) in [7, 11) is 0. The number of hydrogen-bond acceptors (Lipinski definition) is 3. The molecule has 4 heteroatoms. The summed E-state index contributed by atoms with van der Waals surface area (Å²) in [5, 5.41) is 9.73. The number of rotatable bonds is 5. The summed E-state index contributed by atoms with van der Waals surface area (Å²) in [4.78, 5) is 24.7. The first-order valence-electron chi connectivity index (χ1n) is 6.71. The van der Waals surface area contributed by atoms with E-state index in [0.717, 1.165) is 0 Å². The number of nitrogen functional groups attached to an aromatic ring is 1. The zero-order chi connectivity index (χ0) is 15.5. The Balaban J connectivity index is 2.60. The summed E-state index contributed by atoms with van der Waals surface area (Å²) in [5.74, 6) is -1.56. The molecular weight excluding hydrogens is 266 g/mol. The maximum absolute atomic E-state index is 12.8. The van der Waals surface area contributed by atoms with E-state index in [0.29, 0.717) is 16.8 Å². The highest BCUT2D eigenvalue weighted by molar-refractivity contribution is 6.16. The number of anilines is 1. The van der Waals surface area contributed by atoms with Crippen LogP contribution in [0.1, 0.15) is 29.3 Å². The van der Waals surface area contributed by atoms with E-state index >= 15 is 0 Å². The minimum absolute atomic E-state index is 0.167. The number of carbonyl (C=O) groups excluding carboxylic acids is 1. The van der Waals surface area contributed by atoms with Gasteiger partial charge < -0.3 is 10.8 Å². The zero-order valence-corrected chi connectivity index (χ0v) is 11.7. The molecule has 1 unspecified atom stereocenters. The summed E-state index contributed by atoms with van der Waals surface area (Å²) in [6.07, 6.45) is 0.167. The Kier molecular flexibility index (Phi) is 4.08. The minimum Gasteiger partial charge on any atom is -0.480 e. The van der Waals surface area contributed by atoms with Crippen LogP contribution in [0.5, 0.6) is 0 Å². The van der Waals surface area contributed by atoms with Crippen molar-refractivity contribution in [2.45, 2.75) is 18.8 Å². The van der Waals surface area contributed by atoms with E-state index in [4.69, 9.17) is 5.73 Å². The Bertz CT molecular complexity index is 649. The van der Waals surface area contributed by atoms with E-state index in [1.807, 2.05) is 0 Å². The number of carbonyl (C=O) groups is 2. The second-order valence-corrected chi connectivity index (χ2v) is 4.88. The van der Waals surface area contributed by atoms with Gasteiger partial charge in [0, 0.05) is 11.3 Å². The van der Waals surface area contributed by atoms with E-state index in [1.54, 1.807) is 61.5 Å². The van der Waals surface area contributed by atoms with E-state index in [1.165, 1.54) is 0 Å². The Hall–Kier alpha value is -2.62. The number of carboxylic acids is 1. The molecule has 0 aromatic heterocycles. The lowest BCUT2D eigenvalue weighted by atomic mass is 9.72. The van der Waals surface area contributed by atoms with Crippen molar-refractivity contribution in [1.82, 2.24) is 0 Å². The Morgan fingerprint density at radius 3 is 2.10 bits per heavy atom. The van der Waals surface area contributed by atoms with Crippen LogP contribution in [0.3, 0.4) is 0 Å². The number of Topliss-reactive ketones (excluding diaryl/α,β-unsaturated/α-hetero) is 1. The summed E-state index contributed by atoms with van der Waals surface area (Å²) in [6, 6.07) is 14.9. The molecule has 2 rings (SSSR count). The van der Waals surface area contributed by atoms with Gasteiger partial charge in [-0.25, -0.2) is 0 Å². The Morgan fingerprint density at radius 1 is 1.05 bits per heavy atom. The average Bonchev–Trinajstić information content (AvgIpc) is 2.50. The molecule has 2 aromatic rings. The average molecular weight is 283 g/mol. The molecule has 0 fully saturated rings. The van der Waals surface area contributed by atoms with Gasteiger partial charge in [-0.3, -0.25) is 9.59 Å². The van der Waals surface area contributed by atoms with Crippen molar-refractivity contribution in [3.63, 3.8) is 0 Å². The second-order valence-electron chi connectivity index (χ2n) is 4.88. The minimum atomic E-state index is -1.59. The summed E-state index contributed by atoms with van der Waals surface area (Å²) in [5.41, 5.74) is 5.42. The largest absolute Gasteiger partial charge is 0.480 e. The summed E-state index contributed by atoms with van der Waals surface area (Å²) < 4.78 is 0. The number of aliphatic carboxylic acids is 1. The number of carboxylic acid groups (broad SMARTS) is 1. The van der Waals surface area contributed by atoms with Gasteiger partial charge in [-0.05, 0) is 24.1 Å². The molecule has 0 aliphatic rings. The predicted molar refractivity (Wildman–Crippen MR) is 81.2 cm³/mol. The maximum Gasteiger partial charge on any atom is 0.322 e. The molecule has 0 radical (unpaired) electrons. The molecule has 0 heterocycles. The lowest BCUT2D eigenvalue weighted by Crippen LogP contribution is -2.43. The molecule has 0 saturated carbocycles. The van der Waals surface area contributed by atoms with Crippen molar-refractivity contribution >= 4 is 17.4 Å². The SMILES string of the molecule is CCC(C(=O)O)(C(=O)c1ccccc1)c1ccc(N)cc1. The molecule has 0 spiro atoms. The normalized spacial score (nSPS) is 13.4. The van der Waals surface area contributed by atoms with Gasteiger partial charge >= 0.3 is 5.97 Å². The summed E-state index contributed by atoms with van der Waals surface area (Å²) >= 11 is 0. The highest BCUT2D eigenvalue weighted by atomic mass is 16.4. The van der Waals surface area contributed by atoms with Crippen LogP contribution in [-0.2, 0) is 10.2 Å². The van der Waals surface area contributed by atoms with Gasteiger partial charge in [-0.2, -0.15) is 0 Å². The second kappa shape index (κ2) is 5.79. The first kappa shape index (κ1) is 14.8. The van der Waals surface area contributed by atoms with Crippen LogP contribution in [-0.4, -0.2) is 16.9 Å². The molecular formula is C17H17NO3. The van der Waals surface area contributed by atoms with Crippen LogP contribution < -0.4 is 5.73 Å². The zero-order valence-electron chi connectivity index (χ0n) is 11.7. The topological polar surface area (TPSA) is 80.4 Å². The first-order chi connectivity index (χ1) is 10.0. The fourth-order valence-electron chi connectivity index (χ4n) is 2.47. The van der Waals surface area contributed by atoms with Crippen molar-refractivity contribution < 1.29 is 14.7 Å². The van der Waals surface area contributed by atoms with E-state index in [9.17, 15) is 14.7 Å². The lowest BCUT2D eigenvalue weighted by molar-refractivity contribution is -0.141. The third-order valence-corrected chi connectivity index (χ3v) is 3.72. The fraction of sp³-hybridized carbons (Fsp3) is 0.176. The Labute approximate surface area is 123 Å². The number of ketones is 1. The van der Waals surface area contributed by atoms with Crippen LogP contribution in [0.25, 0.3) is 0 Å². The van der Waals surface area contributed by atoms with Crippen molar-refractivity contribution in [2.75, 3.05) is 5.73 Å². The first-order valence-corrected chi connectivity index (χ1v) is 6.71. The molecule has 4 nitrogen and oxygen atoms in total. The van der Waals surface area contributed by atoms with E-state index < -0.39 is 17.2 Å². The van der Waals surface area contributed by atoms with Crippen molar-refractivity contribution in [2.24, 2.45) is 0 Å². The third kappa shape index (κ3) is 2.52. The predicted octanol–water partition coefficient (Wildman–Crippen LogP) is 2.88. The van der Waals surface area contributed by atoms with Crippen molar-refractivity contribution in [3.05, 3.63) is 65.7 Å². The van der Waals surface area contributed by atoms with Crippen molar-refractivity contribution in [3.8, 4) is 0 Å². The highest BCUT2D eigenvalue weighted by Crippen LogP contribution is 2.33. The maximum atomic E-state index is 12.8. The highest BCUT2D eigenvalue weighted by Gasteiger charge is 2.46. The van der Waals surface area contributed by atoms with Crippen LogP contribution >= 0.6 is 0 Å². The molecule has 2 aromatic carbocycles. The molecule has 3 N–H and O–H groups in total. The van der Waals surface area contributed by atoms with Gasteiger partial charge in [-0.1, -0.05) is 49.4 Å². The Morgan fingerprint density at radius 2 is 1.62 bits per heavy atom. The van der Waals surface area contributed by atoms with E-state index in [2.05, 4.69) is 0 Å². The molecule has 0 saturated heterocycles. The summed E-state index contributed by atoms with van der Waals surface area (Å²) in [6.45, 7) is 1.70. The molecule has 1 atom stereocenters. The molecule has 0 aliphatic heterocycles. The standard InChI is InChI=1S/C17H17NO3/c1-2-17(16(20)21,13-8-10-14(18)11-9-13)15(19)12-6-4-3-5-7-12/h3-11H,2,18H2,1H3,(H,20,21). The van der Waals surface area contributed by atoms with Gasteiger partial charge in [0.15, 0.2) is 11.2 Å². The van der Waals surface area contributed by atoms with Crippen LogP contribution in [0.2, 0.25) is 0 Å². The van der Waals surface area contributed by atoms with Crippen LogP contribution in [0.4, 0.5) is 5.69 Å². The van der Waals surface area contributed by atoms with Gasteiger partial charge in [0.05, 0.1) is 0 Å². The molecule has 108 valence electrons. The van der Waals surface area contributed by atoms with Crippen LogP contribution in [0.15, 0.2) is 54.6 Å². The third-order valence-electron chi connectivity index (χ3n) is 3.72. The smallest absolute Gasteiger partial charge is 0.322 e. The number of nitrogens with two attached hydrogens (primary N) is 1. The monoisotopic (exact) mass is 283 g/mol. The van der Waals surface area contributed by atoms with Crippen molar-refractivity contribution in [1.29, 1.82) is 0 Å². The molecule has 0 aliphatic carbocycles. The number of hydrogen-bond donors (Lipinski definition) is 2. The molecule has 0 bridgehead atoms.